The Morgan fingerprint density at radius 2 is 1.66 bits per heavy atom. The lowest BCUT2D eigenvalue weighted by Crippen LogP contribution is -2.64. The summed E-state index contributed by atoms with van der Waals surface area (Å²) in [5.74, 6) is -1.75. The minimum Gasteiger partial charge on any atom is -0.461 e. The van der Waals surface area contributed by atoms with E-state index in [4.69, 9.17) is 28.5 Å². The Bertz CT molecular complexity index is 1340. The van der Waals surface area contributed by atoms with Crippen LogP contribution in [0.4, 0.5) is 0 Å². The fourth-order valence-electron chi connectivity index (χ4n) is 6.25. The molecule has 3 aliphatic rings. The van der Waals surface area contributed by atoms with Crippen molar-refractivity contribution in [1.29, 1.82) is 0 Å². The molecule has 0 radical (unpaired) electrons. The van der Waals surface area contributed by atoms with Gasteiger partial charge in [0.25, 0.3) is 0 Å². The smallest absolute Gasteiger partial charge is 0.338 e. The van der Waals surface area contributed by atoms with Crippen LogP contribution in [0.5, 0.6) is 0 Å². The first-order valence-corrected chi connectivity index (χ1v) is 18.0. The van der Waals surface area contributed by atoms with Crippen molar-refractivity contribution in [3.63, 3.8) is 0 Å². The molecule has 0 saturated carbocycles. The Kier molecular flexibility index (Phi) is 16.3. The van der Waals surface area contributed by atoms with Crippen molar-refractivity contribution in [2.24, 2.45) is 0 Å². The predicted octanol–water partition coefficient (Wildman–Crippen LogP) is -1.40. The van der Waals surface area contributed by atoms with Crippen LogP contribution in [0.25, 0.3) is 0 Å². The standard InChI is InChI=1S/C35H53N3O15/c1-4-10-26(41)37-15-9-14-36-25(40)18-38(16-8-13-23(17-37)50-21(3)39)53-35-32(30(45)27(42)20(2)49-35)52-34-31(46)29(44)28(43)24(51-34)19-48-33(47)22-11-6-5-7-12-22/h5-7,11-12,20,23-24,27-32,34-35,42-46H,4,8-10,13-19H2,1-3H3,(H,36,40)/t20-,23+,24+,27-,28+,29-,30+,31+,32+,34-,35-/m0/s1. The van der Waals surface area contributed by atoms with Gasteiger partial charge in [0, 0.05) is 33.0 Å². The molecule has 18 heteroatoms. The second kappa shape index (κ2) is 20.4. The number of aliphatic hydroxyl groups is 5. The van der Waals surface area contributed by atoms with E-state index >= 15 is 0 Å². The molecule has 3 fully saturated rings. The average Bonchev–Trinajstić information content (AvgIpc) is 3.13. The van der Waals surface area contributed by atoms with Crippen LogP contribution in [0.15, 0.2) is 30.3 Å². The van der Waals surface area contributed by atoms with Gasteiger partial charge in [0.05, 0.1) is 18.2 Å². The van der Waals surface area contributed by atoms with E-state index in [2.05, 4.69) is 5.32 Å². The monoisotopic (exact) mass is 755 g/mol. The summed E-state index contributed by atoms with van der Waals surface area (Å²) in [6, 6.07) is 8.02. The van der Waals surface area contributed by atoms with Gasteiger partial charge in [0.1, 0.15) is 62.0 Å². The highest BCUT2D eigenvalue weighted by Gasteiger charge is 2.51. The number of carbonyl (C=O) groups excluding carboxylic acids is 4. The summed E-state index contributed by atoms with van der Waals surface area (Å²) in [5.41, 5.74) is 0.230. The Balaban J connectivity index is 1.48. The van der Waals surface area contributed by atoms with Crippen LogP contribution < -0.4 is 5.32 Å². The van der Waals surface area contributed by atoms with Crippen LogP contribution in [0.3, 0.4) is 0 Å². The molecule has 3 saturated heterocycles. The van der Waals surface area contributed by atoms with Crippen LogP contribution in [-0.2, 0) is 42.9 Å². The molecule has 1 aromatic carbocycles. The SMILES string of the molecule is CCCC(=O)N1CCCNC(=O)CN(O[C@@H]2O[C@@H](C)[C@H](O)[C@@H](O)[C@H]2O[C@@H]2O[C@H](COC(=O)c3ccccc3)[C@@H](O)[C@H](O)[C@H]2O)CCC[C@@H](OC(C)=O)C1. The number of amides is 2. The van der Waals surface area contributed by atoms with Gasteiger partial charge in [-0.05, 0) is 44.7 Å². The number of hydrogen-bond acceptors (Lipinski definition) is 16. The first kappa shape index (κ1) is 42.4. The number of hydroxylamine groups is 2. The molecule has 0 aliphatic carbocycles. The van der Waals surface area contributed by atoms with Crippen molar-refractivity contribution >= 4 is 23.8 Å². The first-order valence-electron chi connectivity index (χ1n) is 18.0. The van der Waals surface area contributed by atoms with E-state index in [1.807, 2.05) is 6.92 Å². The van der Waals surface area contributed by atoms with Gasteiger partial charge in [-0.25, -0.2) is 4.79 Å². The van der Waals surface area contributed by atoms with Gasteiger partial charge < -0.3 is 59.4 Å². The van der Waals surface area contributed by atoms with Gasteiger partial charge in [-0.3, -0.25) is 19.2 Å². The van der Waals surface area contributed by atoms with Crippen molar-refractivity contribution in [3.8, 4) is 0 Å². The van der Waals surface area contributed by atoms with Crippen molar-refractivity contribution in [2.75, 3.05) is 39.3 Å². The maximum absolute atomic E-state index is 13.0. The zero-order valence-electron chi connectivity index (χ0n) is 30.2. The Labute approximate surface area is 307 Å². The molecular formula is C35H53N3O15. The summed E-state index contributed by atoms with van der Waals surface area (Å²) in [6.07, 6.45) is -14.4. The van der Waals surface area contributed by atoms with Crippen LogP contribution in [0.1, 0.15) is 63.2 Å². The third kappa shape index (κ3) is 12.1. The second-order valence-corrected chi connectivity index (χ2v) is 13.4. The minimum absolute atomic E-state index is 0.0794. The number of nitrogens with zero attached hydrogens (tertiary/aromatic N) is 2. The highest BCUT2D eigenvalue weighted by atomic mass is 16.8. The predicted molar refractivity (Wildman–Crippen MR) is 181 cm³/mol. The Morgan fingerprint density at radius 3 is 2.36 bits per heavy atom. The van der Waals surface area contributed by atoms with Crippen LogP contribution in [0, 0.1) is 0 Å². The average molecular weight is 756 g/mol. The molecule has 4 rings (SSSR count). The molecular weight excluding hydrogens is 702 g/mol. The molecule has 2 amide bonds. The zero-order valence-corrected chi connectivity index (χ0v) is 30.2. The van der Waals surface area contributed by atoms with Gasteiger partial charge in [-0.2, -0.15) is 5.06 Å². The number of rotatable bonds is 10. The third-order valence-corrected chi connectivity index (χ3v) is 9.14. The highest BCUT2D eigenvalue weighted by Crippen LogP contribution is 2.30. The van der Waals surface area contributed by atoms with Crippen molar-refractivity contribution in [1.82, 2.24) is 15.3 Å². The first-order chi connectivity index (χ1) is 25.3. The summed E-state index contributed by atoms with van der Waals surface area (Å²) in [7, 11) is 0. The van der Waals surface area contributed by atoms with E-state index in [1.54, 1.807) is 23.1 Å². The van der Waals surface area contributed by atoms with Gasteiger partial charge in [-0.15, -0.1) is 0 Å². The normalized spacial score (nSPS) is 33.8. The lowest BCUT2D eigenvalue weighted by atomic mass is 9.97. The maximum Gasteiger partial charge on any atom is 0.338 e. The lowest BCUT2D eigenvalue weighted by molar-refractivity contribution is -0.393. The second-order valence-electron chi connectivity index (χ2n) is 13.4. The van der Waals surface area contributed by atoms with Gasteiger partial charge in [0.2, 0.25) is 18.1 Å². The van der Waals surface area contributed by atoms with Gasteiger partial charge in [0.15, 0.2) is 6.29 Å². The molecule has 0 bridgehead atoms. The topological polar surface area (TPSA) is 243 Å². The van der Waals surface area contributed by atoms with Crippen LogP contribution in [-0.4, -0.2) is 166 Å². The summed E-state index contributed by atoms with van der Waals surface area (Å²) in [6.45, 7) is 4.65. The van der Waals surface area contributed by atoms with Crippen molar-refractivity contribution in [3.05, 3.63) is 35.9 Å². The summed E-state index contributed by atoms with van der Waals surface area (Å²) in [4.78, 5) is 58.0. The zero-order chi connectivity index (χ0) is 38.7. The van der Waals surface area contributed by atoms with E-state index in [0.29, 0.717) is 38.6 Å². The fourth-order valence-corrected chi connectivity index (χ4v) is 6.25. The lowest BCUT2D eigenvalue weighted by Gasteiger charge is -2.46. The molecule has 11 atom stereocenters. The van der Waals surface area contributed by atoms with E-state index in [-0.39, 0.29) is 37.6 Å². The minimum atomic E-state index is -1.87. The van der Waals surface area contributed by atoms with Crippen LogP contribution >= 0.6 is 0 Å². The molecule has 1 aromatic rings. The summed E-state index contributed by atoms with van der Waals surface area (Å²) in [5, 5.41) is 58.0. The Morgan fingerprint density at radius 1 is 0.925 bits per heavy atom. The molecule has 18 nitrogen and oxygen atoms in total. The summed E-state index contributed by atoms with van der Waals surface area (Å²) < 4.78 is 28.3. The van der Waals surface area contributed by atoms with Gasteiger partial charge >= 0.3 is 11.9 Å². The molecule has 298 valence electrons. The molecule has 0 spiro atoms. The fraction of sp³-hybridized carbons (Fsp3) is 0.714. The number of nitrogens with one attached hydrogen (secondary N) is 1. The third-order valence-electron chi connectivity index (χ3n) is 9.14. The summed E-state index contributed by atoms with van der Waals surface area (Å²) >= 11 is 0. The molecule has 3 aliphatic heterocycles. The van der Waals surface area contributed by atoms with E-state index in [0.717, 1.165) is 0 Å². The number of carbonyl (C=O) groups is 4. The number of hydrogen-bond donors (Lipinski definition) is 6. The molecule has 53 heavy (non-hydrogen) atoms. The van der Waals surface area contributed by atoms with Crippen molar-refractivity contribution in [2.45, 2.75) is 120 Å². The molecule has 0 unspecified atom stereocenters. The maximum atomic E-state index is 13.0. The largest absolute Gasteiger partial charge is 0.461 e. The van der Waals surface area contributed by atoms with Crippen LogP contribution in [0.2, 0.25) is 0 Å². The number of aliphatic hydroxyl groups excluding tert-OH is 5. The number of ether oxygens (including phenoxy) is 5. The number of benzene rings is 1. The van der Waals surface area contributed by atoms with E-state index < -0.39 is 92.0 Å². The quantitative estimate of drug-likeness (QED) is 0.150. The van der Waals surface area contributed by atoms with E-state index in [1.165, 1.54) is 31.0 Å². The van der Waals surface area contributed by atoms with Gasteiger partial charge in [-0.1, -0.05) is 25.1 Å². The van der Waals surface area contributed by atoms with Crippen molar-refractivity contribution < 1.29 is 73.2 Å². The van der Waals surface area contributed by atoms with E-state index in [9.17, 15) is 44.7 Å². The Hall–Kier alpha value is -3.30. The molecule has 0 aromatic heterocycles. The molecule has 6 N–H and O–H groups in total. The number of esters is 2. The molecule has 3 heterocycles. The highest BCUT2D eigenvalue weighted by molar-refractivity contribution is 5.89.